The summed E-state index contributed by atoms with van der Waals surface area (Å²) in [5.74, 6) is 0.815. The highest BCUT2D eigenvalue weighted by Gasteiger charge is 2.27. The van der Waals surface area contributed by atoms with Crippen molar-refractivity contribution in [1.82, 2.24) is 4.31 Å². The first-order chi connectivity index (χ1) is 13.9. The number of rotatable bonds is 7. The Morgan fingerprint density at radius 3 is 2.38 bits per heavy atom. The third-order valence-electron chi connectivity index (χ3n) is 4.86. The summed E-state index contributed by atoms with van der Waals surface area (Å²) in [6, 6.07) is 10.9. The normalized spacial score (nSPS) is 14.9. The van der Waals surface area contributed by atoms with Gasteiger partial charge < -0.3 is 19.1 Å². The van der Waals surface area contributed by atoms with Gasteiger partial charge in [-0.25, -0.2) is 8.42 Å². The van der Waals surface area contributed by atoms with E-state index in [2.05, 4.69) is 20.8 Å². The van der Waals surface area contributed by atoms with E-state index in [4.69, 9.17) is 14.2 Å². The topological polar surface area (TPSA) is 68.3 Å². The second-order valence-electron chi connectivity index (χ2n) is 6.63. The minimum absolute atomic E-state index is 0.126. The van der Waals surface area contributed by atoms with Crippen molar-refractivity contribution in [3.63, 3.8) is 0 Å². The van der Waals surface area contributed by atoms with Crippen LogP contribution < -0.4 is 14.4 Å². The van der Waals surface area contributed by atoms with Crippen molar-refractivity contribution in [2.24, 2.45) is 0 Å². The maximum Gasteiger partial charge on any atom is 0.244 e. The van der Waals surface area contributed by atoms with E-state index in [0.717, 1.165) is 24.3 Å². The molecule has 2 aromatic carbocycles. The number of hydrogen-bond donors (Lipinski definition) is 0. The van der Waals surface area contributed by atoms with Crippen LogP contribution in [0.2, 0.25) is 0 Å². The number of ether oxygens (including phenoxy) is 3. The fraction of sp³-hybridized carbons (Fsp3) is 0.400. The van der Waals surface area contributed by atoms with Crippen LogP contribution in [0.15, 0.2) is 45.8 Å². The molecule has 0 aliphatic carbocycles. The molecule has 158 valence electrons. The minimum Gasteiger partial charge on any atom is -0.493 e. The Morgan fingerprint density at radius 2 is 1.72 bits per heavy atom. The molecule has 0 atom stereocenters. The third-order valence-corrected chi connectivity index (χ3v) is 7.62. The lowest BCUT2D eigenvalue weighted by molar-refractivity contribution is 0.122. The molecule has 0 bridgehead atoms. The van der Waals surface area contributed by atoms with Gasteiger partial charge in [-0.1, -0.05) is 18.2 Å². The molecular formula is C20H25BrN2O5S. The predicted molar refractivity (Wildman–Crippen MR) is 115 cm³/mol. The summed E-state index contributed by atoms with van der Waals surface area (Å²) < 4.78 is 44.3. The number of nitrogens with zero attached hydrogens (tertiary/aromatic N) is 2. The molecule has 0 amide bonds. The van der Waals surface area contributed by atoms with Gasteiger partial charge in [0.2, 0.25) is 10.0 Å². The molecule has 0 N–H and O–H groups in total. The molecular weight excluding hydrogens is 460 g/mol. The molecule has 0 unspecified atom stereocenters. The molecule has 0 aromatic heterocycles. The molecule has 7 nitrogen and oxygen atoms in total. The molecule has 0 saturated carbocycles. The van der Waals surface area contributed by atoms with Gasteiger partial charge in [0.1, 0.15) is 4.90 Å². The standard InChI is InChI=1S/C20H25BrN2O5S/c1-22(14-15-6-4-5-7-17(15)23-8-10-28-11-9-23)29(24,25)20-13-19(27-3)18(26-2)12-16(20)21/h4-7,12-13H,8-11,14H2,1-3H3. The number of morpholine rings is 1. The van der Waals surface area contributed by atoms with Crippen LogP contribution >= 0.6 is 15.9 Å². The number of sulfonamides is 1. The molecule has 1 saturated heterocycles. The Labute approximate surface area is 180 Å². The van der Waals surface area contributed by atoms with Gasteiger partial charge in [-0.3, -0.25) is 0 Å². The van der Waals surface area contributed by atoms with Gasteiger partial charge in [-0.2, -0.15) is 4.31 Å². The molecule has 1 heterocycles. The number of hydrogen-bond acceptors (Lipinski definition) is 6. The van der Waals surface area contributed by atoms with E-state index in [1.165, 1.54) is 24.6 Å². The van der Waals surface area contributed by atoms with Crippen molar-refractivity contribution in [3.05, 3.63) is 46.4 Å². The van der Waals surface area contributed by atoms with Crippen molar-refractivity contribution >= 4 is 31.6 Å². The fourth-order valence-corrected chi connectivity index (χ4v) is 5.43. The van der Waals surface area contributed by atoms with Gasteiger partial charge >= 0.3 is 0 Å². The van der Waals surface area contributed by atoms with Crippen LogP contribution in [0.5, 0.6) is 11.5 Å². The highest BCUT2D eigenvalue weighted by atomic mass is 79.9. The molecule has 0 radical (unpaired) electrons. The molecule has 0 spiro atoms. The van der Waals surface area contributed by atoms with Gasteiger partial charge in [0, 0.05) is 42.9 Å². The average Bonchev–Trinajstić information content (AvgIpc) is 2.74. The van der Waals surface area contributed by atoms with Crippen molar-refractivity contribution in [2.45, 2.75) is 11.4 Å². The third kappa shape index (κ3) is 4.69. The maximum atomic E-state index is 13.3. The summed E-state index contributed by atoms with van der Waals surface area (Å²) in [5, 5.41) is 0. The number of anilines is 1. The number of para-hydroxylation sites is 1. The Kier molecular flexibility index (Phi) is 7.05. The van der Waals surface area contributed by atoms with E-state index in [9.17, 15) is 8.42 Å². The SMILES string of the molecule is COc1cc(Br)c(S(=O)(=O)N(C)Cc2ccccc2N2CCOCC2)cc1OC. The smallest absolute Gasteiger partial charge is 0.244 e. The van der Waals surface area contributed by atoms with Gasteiger partial charge in [-0.15, -0.1) is 0 Å². The lowest BCUT2D eigenvalue weighted by atomic mass is 10.1. The second kappa shape index (κ2) is 9.34. The monoisotopic (exact) mass is 484 g/mol. The fourth-order valence-electron chi connectivity index (χ4n) is 3.28. The summed E-state index contributed by atoms with van der Waals surface area (Å²) in [6.45, 7) is 3.15. The average molecular weight is 485 g/mol. The summed E-state index contributed by atoms with van der Waals surface area (Å²) >= 11 is 3.35. The molecule has 1 aliphatic rings. The van der Waals surface area contributed by atoms with E-state index in [-0.39, 0.29) is 11.4 Å². The van der Waals surface area contributed by atoms with Crippen LogP contribution in [0.4, 0.5) is 5.69 Å². The first-order valence-electron chi connectivity index (χ1n) is 9.17. The Bertz CT molecular complexity index is 961. The van der Waals surface area contributed by atoms with Crippen LogP contribution in [0.3, 0.4) is 0 Å². The van der Waals surface area contributed by atoms with Crippen molar-refractivity contribution < 1.29 is 22.6 Å². The summed E-state index contributed by atoms with van der Waals surface area (Å²) in [5.41, 5.74) is 1.97. The van der Waals surface area contributed by atoms with Crippen LogP contribution in [0.25, 0.3) is 0 Å². The summed E-state index contributed by atoms with van der Waals surface area (Å²) in [4.78, 5) is 2.35. The summed E-state index contributed by atoms with van der Waals surface area (Å²) in [6.07, 6.45) is 0. The van der Waals surface area contributed by atoms with Crippen LogP contribution in [-0.2, 0) is 21.3 Å². The maximum absolute atomic E-state index is 13.3. The molecule has 29 heavy (non-hydrogen) atoms. The number of methoxy groups -OCH3 is 2. The zero-order chi connectivity index (χ0) is 21.0. The molecule has 3 rings (SSSR count). The quantitative estimate of drug-likeness (QED) is 0.601. The second-order valence-corrected chi connectivity index (χ2v) is 9.49. The van der Waals surface area contributed by atoms with E-state index in [1.54, 1.807) is 13.1 Å². The first-order valence-corrected chi connectivity index (χ1v) is 11.4. The van der Waals surface area contributed by atoms with E-state index in [0.29, 0.717) is 29.2 Å². The van der Waals surface area contributed by atoms with E-state index < -0.39 is 10.0 Å². The highest BCUT2D eigenvalue weighted by molar-refractivity contribution is 9.10. The number of halogens is 1. The highest BCUT2D eigenvalue weighted by Crippen LogP contribution is 2.37. The van der Waals surface area contributed by atoms with Crippen molar-refractivity contribution in [3.8, 4) is 11.5 Å². The van der Waals surface area contributed by atoms with Crippen molar-refractivity contribution in [2.75, 3.05) is 52.5 Å². The lowest BCUT2D eigenvalue weighted by Gasteiger charge is -2.31. The largest absolute Gasteiger partial charge is 0.493 e. The van der Waals surface area contributed by atoms with E-state index >= 15 is 0 Å². The van der Waals surface area contributed by atoms with Crippen LogP contribution in [0.1, 0.15) is 5.56 Å². The van der Waals surface area contributed by atoms with Crippen LogP contribution in [0, 0.1) is 0 Å². The summed E-state index contributed by atoms with van der Waals surface area (Å²) in [7, 11) is 0.796. The predicted octanol–water partition coefficient (Wildman–Crippen LogP) is 3.12. The molecule has 9 heteroatoms. The molecule has 2 aromatic rings. The van der Waals surface area contributed by atoms with Gasteiger partial charge in [0.15, 0.2) is 11.5 Å². The van der Waals surface area contributed by atoms with Gasteiger partial charge in [0.05, 0.1) is 27.4 Å². The Morgan fingerprint density at radius 1 is 1.10 bits per heavy atom. The number of benzene rings is 2. The first kappa shape index (κ1) is 21.9. The van der Waals surface area contributed by atoms with Gasteiger partial charge in [-0.05, 0) is 33.6 Å². The van der Waals surface area contributed by atoms with E-state index in [1.807, 2.05) is 24.3 Å². The minimum atomic E-state index is -3.77. The lowest BCUT2D eigenvalue weighted by Crippen LogP contribution is -2.37. The van der Waals surface area contributed by atoms with Crippen molar-refractivity contribution in [1.29, 1.82) is 0 Å². The molecule has 1 aliphatic heterocycles. The zero-order valence-electron chi connectivity index (χ0n) is 16.7. The Balaban J connectivity index is 1.90. The zero-order valence-corrected chi connectivity index (χ0v) is 19.1. The van der Waals surface area contributed by atoms with Crippen LogP contribution in [-0.4, -0.2) is 60.3 Å². The molecule has 1 fully saturated rings. The Hall–Kier alpha value is -1.81. The van der Waals surface area contributed by atoms with Gasteiger partial charge in [0.25, 0.3) is 0 Å².